The fourth-order valence-corrected chi connectivity index (χ4v) is 3.95. The van der Waals surface area contributed by atoms with E-state index in [-0.39, 0.29) is 10.6 Å². The second-order valence-corrected chi connectivity index (χ2v) is 6.31. The third kappa shape index (κ3) is 2.31. The second kappa shape index (κ2) is 4.71. The van der Waals surface area contributed by atoms with Crippen LogP contribution in [0.3, 0.4) is 0 Å². The number of aryl methyl sites for hydroxylation is 1. The number of rotatable bonds is 0. The van der Waals surface area contributed by atoms with Gasteiger partial charge in [-0.2, -0.15) is 0 Å². The first kappa shape index (κ1) is 12.8. The zero-order valence-corrected chi connectivity index (χ0v) is 12.1. The molecule has 1 spiro atoms. The van der Waals surface area contributed by atoms with Crippen molar-refractivity contribution in [2.75, 3.05) is 6.54 Å². The van der Waals surface area contributed by atoms with E-state index >= 15 is 0 Å². The standard InChI is InChI=1S/C14H16BrNO3/c15-12-9-14(7-8-16(12)13(17)18)6-5-10-3-1-2-4-11(10)19-14/h1-4,12H,5-9H2,(H,17,18). The number of halogens is 1. The summed E-state index contributed by atoms with van der Waals surface area (Å²) < 4.78 is 6.21. The molecule has 1 aromatic rings. The Hall–Kier alpha value is -1.23. The quantitative estimate of drug-likeness (QED) is 0.588. The number of carboxylic acid groups (broad SMARTS) is 1. The van der Waals surface area contributed by atoms with E-state index < -0.39 is 6.09 Å². The van der Waals surface area contributed by atoms with E-state index in [1.54, 1.807) is 0 Å². The zero-order valence-electron chi connectivity index (χ0n) is 10.5. The summed E-state index contributed by atoms with van der Waals surface area (Å²) in [5, 5.41) is 9.11. The maximum absolute atomic E-state index is 11.1. The van der Waals surface area contributed by atoms with Gasteiger partial charge < -0.3 is 9.84 Å². The van der Waals surface area contributed by atoms with Crippen molar-refractivity contribution in [3.63, 3.8) is 0 Å². The normalized spacial score (nSPS) is 29.7. The van der Waals surface area contributed by atoms with Gasteiger partial charge in [-0.25, -0.2) is 4.79 Å². The second-order valence-electron chi connectivity index (χ2n) is 5.26. The number of para-hydroxylation sites is 1. The van der Waals surface area contributed by atoms with Gasteiger partial charge in [-0.1, -0.05) is 34.1 Å². The molecule has 2 aliphatic heterocycles. The lowest BCUT2D eigenvalue weighted by Crippen LogP contribution is -2.53. The fraction of sp³-hybridized carbons (Fsp3) is 0.500. The Bertz CT molecular complexity index is 507. The average Bonchev–Trinajstić information content (AvgIpc) is 2.38. The minimum Gasteiger partial charge on any atom is -0.487 e. The topological polar surface area (TPSA) is 49.8 Å². The molecule has 0 radical (unpaired) electrons. The van der Waals surface area contributed by atoms with Crippen molar-refractivity contribution in [2.24, 2.45) is 0 Å². The summed E-state index contributed by atoms with van der Waals surface area (Å²) in [4.78, 5) is 12.4. The van der Waals surface area contributed by atoms with Crippen LogP contribution in [0.1, 0.15) is 24.8 Å². The van der Waals surface area contributed by atoms with E-state index in [1.807, 2.05) is 18.2 Å². The van der Waals surface area contributed by atoms with Crippen LogP contribution in [-0.2, 0) is 6.42 Å². The fourth-order valence-electron chi connectivity index (χ4n) is 2.98. The molecule has 5 heteroatoms. The van der Waals surface area contributed by atoms with Crippen LogP contribution < -0.4 is 4.74 Å². The van der Waals surface area contributed by atoms with Gasteiger partial charge in [-0.15, -0.1) is 0 Å². The summed E-state index contributed by atoms with van der Waals surface area (Å²) in [5.74, 6) is 0.956. The molecule has 3 rings (SSSR count). The molecule has 102 valence electrons. The van der Waals surface area contributed by atoms with Gasteiger partial charge in [-0.3, -0.25) is 4.90 Å². The molecule has 1 N–H and O–H groups in total. The molecule has 1 fully saturated rings. The van der Waals surface area contributed by atoms with E-state index in [0.29, 0.717) is 13.0 Å². The maximum Gasteiger partial charge on any atom is 0.408 e. The Kier molecular flexibility index (Phi) is 3.17. The lowest BCUT2D eigenvalue weighted by Gasteiger charge is -2.46. The summed E-state index contributed by atoms with van der Waals surface area (Å²) >= 11 is 3.47. The van der Waals surface area contributed by atoms with Gasteiger partial charge >= 0.3 is 6.09 Å². The van der Waals surface area contributed by atoms with Gasteiger partial charge in [0, 0.05) is 19.4 Å². The first-order chi connectivity index (χ1) is 9.10. The summed E-state index contributed by atoms with van der Waals surface area (Å²) in [6.07, 6.45) is 2.55. The van der Waals surface area contributed by atoms with Gasteiger partial charge in [-0.05, 0) is 24.5 Å². The van der Waals surface area contributed by atoms with Crippen LogP contribution in [0.2, 0.25) is 0 Å². The lowest BCUT2D eigenvalue weighted by atomic mass is 9.83. The summed E-state index contributed by atoms with van der Waals surface area (Å²) in [7, 11) is 0. The highest BCUT2D eigenvalue weighted by molar-refractivity contribution is 9.09. The number of amides is 1. The number of alkyl halides is 1. The number of hydrogen-bond acceptors (Lipinski definition) is 2. The number of benzene rings is 1. The third-order valence-electron chi connectivity index (χ3n) is 4.08. The molecule has 2 heterocycles. The van der Waals surface area contributed by atoms with Crippen molar-refractivity contribution in [3.05, 3.63) is 29.8 Å². The Labute approximate surface area is 120 Å². The van der Waals surface area contributed by atoms with Crippen LogP contribution in [0.15, 0.2) is 24.3 Å². The molecule has 0 aliphatic carbocycles. The van der Waals surface area contributed by atoms with Crippen molar-refractivity contribution >= 4 is 22.0 Å². The Balaban J connectivity index is 1.79. The summed E-state index contributed by atoms with van der Waals surface area (Å²) in [5.41, 5.74) is 1.04. The van der Waals surface area contributed by atoms with Crippen molar-refractivity contribution in [1.29, 1.82) is 0 Å². The first-order valence-corrected chi connectivity index (χ1v) is 7.42. The molecule has 2 unspecified atom stereocenters. The molecule has 0 saturated carbocycles. The van der Waals surface area contributed by atoms with Crippen molar-refractivity contribution in [3.8, 4) is 5.75 Å². The van der Waals surface area contributed by atoms with E-state index in [2.05, 4.69) is 22.0 Å². The highest BCUT2D eigenvalue weighted by Gasteiger charge is 2.44. The molecular weight excluding hydrogens is 310 g/mol. The summed E-state index contributed by atoms with van der Waals surface area (Å²) in [6.45, 7) is 0.521. The van der Waals surface area contributed by atoms with Crippen molar-refractivity contribution in [1.82, 2.24) is 4.90 Å². The third-order valence-corrected chi connectivity index (χ3v) is 4.90. The highest BCUT2D eigenvalue weighted by Crippen LogP contribution is 2.41. The van der Waals surface area contributed by atoms with Crippen molar-refractivity contribution in [2.45, 2.75) is 36.2 Å². The first-order valence-electron chi connectivity index (χ1n) is 6.50. The van der Waals surface area contributed by atoms with Crippen LogP contribution in [0, 0.1) is 0 Å². The number of hydrogen-bond donors (Lipinski definition) is 1. The molecule has 19 heavy (non-hydrogen) atoms. The number of carbonyl (C=O) groups is 1. The molecule has 2 atom stereocenters. The van der Waals surface area contributed by atoms with E-state index in [4.69, 9.17) is 9.84 Å². The Morgan fingerprint density at radius 3 is 2.95 bits per heavy atom. The minimum absolute atomic E-state index is 0.163. The van der Waals surface area contributed by atoms with Gasteiger partial charge in [0.1, 0.15) is 11.4 Å². The lowest BCUT2D eigenvalue weighted by molar-refractivity contribution is -0.0157. The molecule has 0 bridgehead atoms. The average molecular weight is 326 g/mol. The molecule has 1 aromatic carbocycles. The number of ether oxygens (including phenoxy) is 1. The van der Waals surface area contributed by atoms with Crippen molar-refractivity contribution < 1.29 is 14.6 Å². The van der Waals surface area contributed by atoms with Gasteiger partial charge in [0.05, 0.1) is 4.95 Å². The monoisotopic (exact) mass is 325 g/mol. The largest absolute Gasteiger partial charge is 0.487 e. The van der Waals surface area contributed by atoms with Crippen LogP contribution >= 0.6 is 15.9 Å². The SMILES string of the molecule is O=C(O)N1CCC2(CCc3ccccc3O2)CC1Br. The molecule has 4 nitrogen and oxygen atoms in total. The maximum atomic E-state index is 11.1. The smallest absolute Gasteiger partial charge is 0.408 e. The molecule has 0 aromatic heterocycles. The predicted octanol–water partition coefficient (Wildman–Crippen LogP) is 3.25. The molecule has 2 aliphatic rings. The van der Waals surface area contributed by atoms with E-state index in [0.717, 1.165) is 25.0 Å². The number of likely N-dealkylation sites (tertiary alicyclic amines) is 1. The molecular formula is C14H16BrNO3. The van der Waals surface area contributed by atoms with Crippen LogP contribution in [-0.4, -0.2) is 33.2 Å². The Morgan fingerprint density at radius 1 is 1.42 bits per heavy atom. The van der Waals surface area contributed by atoms with Crippen LogP contribution in [0.4, 0.5) is 4.79 Å². The minimum atomic E-state index is -0.868. The van der Waals surface area contributed by atoms with Gasteiger partial charge in [0.25, 0.3) is 0 Å². The number of fused-ring (bicyclic) bond motifs is 1. The number of nitrogens with zero attached hydrogens (tertiary/aromatic N) is 1. The summed E-state index contributed by atoms with van der Waals surface area (Å²) in [6, 6.07) is 8.11. The highest BCUT2D eigenvalue weighted by atomic mass is 79.9. The van der Waals surface area contributed by atoms with Crippen LogP contribution in [0.5, 0.6) is 5.75 Å². The zero-order chi connectivity index (χ0) is 13.5. The van der Waals surface area contributed by atoms with E-state index in [1.165, 1.54) is 10.5 Å². The van der Waals surface area contributed by atoms with Gasteiger partial charge in [0.15, 0.2) is 0 Å². The predicted molar refractivity (Wildman–Crippen MR) is 74.8 cm³/mol. The van der Waals surface area contributed by atoms with Crippen LogP contribution in [0.25, 0.3) is 0 Å². The van der Waals surface area contributed by atoms with E-state index in [9.17, 15) is 4.79 Å². The molecule has 1 amide bonds. The number of piperidine rings is 1. The molecule has 1 saturated heterocycles. The van der Waals surface area contributed by atoms with Gasteiger partial charge in [0.2, 0.25) is 0 Å². The Morgan fingerprint density at radius 2 is 2.21 bits per heavy atom.